The van der Waals surface area contributed by atoms with Crippen molar-refractivity contribution in [2.45, 2.75) is 40.0 Å². The molecule has 0 unspecified atom stereocenters. The van der Waals surface area contributed by atoms with Gasteiger partial charge >= 0.3 is 0 Å². The van der Waals surface area contributed by atoms with Gasteiger partial charge in [0.15, 0.2) is 0 Å². The number of aryl methyl sites for hydroxylation is 2. The first kappa shape index (κ1) is 16.1. The van der Waals surface area contributed by atoms with Crippen LogP contribution in [0.4, 0.5) is 11.6 Å². The highest BCUT2D eigenvalue weighted by molar-refractivity contribution is 5.92. The molecule has 0 fully saturated rings. The lowest BCUT2D eigenvalue weighted by atomic mass is 9.92. The first-order valence-electron chi connectivity index (χ1n) is 7.33. The molecule has 2 aromatic rings. The van der Waals surface area contributed by atoms with Gasteiger partial charge in [0.25, 0.3) is 0 Å². The number of carbonyl (C=O) groups excluding carboxylic acids is 1. The maximum Gasteiger partial charge on any atom is 0.246 e. The lowest BCUT2D eigenvalue weighted by Gasteiger charge is -2.12. The van der Waals surface area contributed by atoms with Gasteiger partial charge in [0.1, 0.15) is 0 Å². The Morgan fingerprint density at radius 2 is 1.77 bits per heavy atom. The summed E-state index contributed by atoms with van der Waals surface area (Å²) >= 11 is 0. The Kier molecular flexibility index (Phi) is 4.54. The number of carbonyl (C=O) groups is 1. The number of amides is 1. The van der Waals surface area contributed by atoms with Crippen LogP contribution in [0.3, 0.4) is 0 Å². The highest BCUT2D eigenvalue weighted by Crippen LogP contribution is 2.23. The van der Waals surface area contributed by atoms with Crippen LogP contribution >= 0.6 is 0 Å². The van der Waals surface area contributed by atoms with Gasteiger partial charge in [-0.15, -0.1) is 0 Å². The number of nitrogens with one attached hydrogen (secondary N) is 2. The summed E-state index contributed by atoms with van der Waals surface area (Å²) in [6, 6.07) is 7.86. The zero-order valence-electron chi connectivity index (χ0n) is 13.8. The Morgan fingerprint density at radius 1 is 1.14 bits per heavy atom. The van der Waals surface area contributed by atoms with Crippen molar-refractivity contribution in [3.8, 4) is 0 Å². The molecule has 0 atom stereocenters. The molecule has 1 heterocycles. The van der Waals surface area contributed by atoms with E-state index in [1.165, 1.54) is 0 Å². The van der Waals surface area contributed by atoms with Gasteiger partial charge in [-0.3, -0.25) is 10.1 Å². The number of hydrogen-bond donors (Lipinski definition) is 2. The van der Waals surface area contributed by atoms with Gasteiger partial charge in [-0.25, -0.2) is 0 Å². The second-order valence-electron chi connectivity index (χ2n) is 6.60. The van der Waals surface area contributed by atoms with E-state index in [0.717, 1.165) is 22.5 Å². The maximum absolute atomic E-state index is 12.0. The van der Waals surface area contributed by atoms with E-state index in [1.54, 1.807) is 6.07 Å². The predicted molar refractivity (Wildman–Crippen MR) is 88.2 cm³/mol. The average molecular weight is 301 g/mol. The first-order chi connectivity index (χ1) is 10.2. The molecule has 0 aliphatic heterocycles. The monoisotopic (exact) mass is 301 g/mol. The van der Waals surface area contributed by atoms with Gasteiger partial charge in [-0.05, 0) is 37.1 Å². The molecular weight excluding hydrogens is 278 g/mol. The molecule has 5 heteroatoms. The molecule has 1 aromatic carbocycles. The minimum atomic E-state index is -0.171. The van der Waals surface area contributed by atoms with Crippen molar-refractivity contribution < 1.29 is 9.32 Å². The van der Waals surface area contributed by atoms with E-state index in [2.05, 4.69) is 21.9 Å². The van der Waals surface area contributed by atoms with E-state index in [9.17, 15) is 4.79 Å². The largest absolute Gasteiger partial charge is 0.376 e. The summed E-state index contributed by atoms with van der Waals surface area (Å²) in [6.45, 7) is 10.4. The standard InChI is InChI=1S/C17H23N3O2/c1-11-6-12(2)8-13(7-11)18-10-15(21)19-16-9-14(20-22-16)17(3,4)5/h6-9,18H,10H2,1-5H3,(H,19,21). The van der Waals surface area contributed by atoms with Gasteiger partial charge in [-0.2, -0.15) is 0 Å². The lowest BCUT2D eigenvalue weighted by Crippen LogP contribution is -2.21. The fraction of sp³-hybridized carbons (Fsp3) is 0.412. The molecule has 0 aliphatic rings. The number of nitrogens with zero attached hydrogens (tertiary/aromatic N) is 1. The fourth-order valence-corrected chi connectivity index (χ4v) is 2.13. The number of benzene rings is 1. The van der Waals surface area contributed by atoms with Crippen LogP contribution in [0.2, 0.25) is 0 Å². The topological polar surface area (TPSA) is 67.2 Å². The Bertz CT molecular complexity index is 649. The van der Waals surface area contributed by atoms with Gasteiger partial charge in [0.2, 0.25) is 11.8 Å². The third-order valence-electron chi connectivity index (χ3n) is 3.22. The predicted octanol–water partition coefficient (Wildman–Crippen LogP) is 3.64. The molecule has 1 aromatic heterocycles. The zero-order chi connectivity index (χ0) is 16.3. The van der Waals surface area contributed by atoms with Crippen molar-refractivity contribution in [1.29, 1.82) is 0 Å². The molecule has 2 rings (SSSR count). The Morgan fingerprint density at radius 3 is 2.32 bits per heavy atom. The summed E-state index contributed by atoms with van der Waals surface area (Å²) < 4.78 is 5.14. The zero-order valence-corrected chi connectivity index (χ0v) is 13.8. The van der Waals surface area contributed by atoms with Crippen molar-refractivity contribution in [2.75, 3.05) is 17.2 Å². The molecule has 5 nitrogen and oxygen atoms in total. The molecule has 22 heavy (non-hydrogen) atoms. The highest BCUT2D eigenvalue weighted by Gasteiger charge is 2.19. The second kappa shape index (κ2) is 6.22. The third kappa shape index (κ3) is 4.35. The second-order valence-corrected chi connectivity index (χ2v) is 6.60. The van der Waals surface area contributed by atoms with E-state index in [4.69, 9.17) is 4.52 Å². The van der Waals surface area contributed by atoms with Crippen LogP contribution in [0.25, 0.3) is 0 Å². The molecule has 2 N–H and O–H groups in total. The highest BCUT2D eigenvalue weighted by atomic mass is 16.5. The van der Waals surface area contributed by atoms with Gasteiger partial charge in [0, 0.05) is 17.2 Å². The van der Waals surface area contributed by atoms with Crippen LogP contribution in [0, 0.1) is 13.8 Å². The minimum Gasteiger partial charge on any atom is -0.376 e. The molecule has 0 aliphatic carbocycles. The molecule has 0 radical (unpaired) electrons. The molecule has 0 spiro atoms. The Balaban J connectivity index is 1.92. The summed E-state index contributed by atoms with van der Waals surface area (Å²) in [5, 5.41) is 9.78. The van der Waals surface area contributed by atoms with E-state index >= 15 is 0 Å². The van der Waals surface area contributed by atoms with Crippen LogP contribution in [0.5, 0.6) is 0 Å². The number of anilines is 2. The van der Waals surface area contributed by atoms with Crippen molar-refractivity contribution in [2.24, 2.45) is 0 Å². The molecule has 0 bridgehead atoms. The van der Waals surface area contributed by atoms with Crippen molar-refractivity contribution in [1.82, 2.24) is 5.16 Å². The number of rotatable bonds is 4. The minimum absolute atomic E-state index is 0.107. The van der Waals surface area contributed by atoms with Crippen LogP contribution < -0.4 is 10.6 Å². The van der Waals surface area contributed by atoms with Gasteiger partial charge in [-0.1, -0.05) is 32.0 Å². The maximum atomic E-state index is 12.0. The first-order valence-corrected chi connectivity index (χ1v) is 7.33. The van der Waals surface area contributed by atoms with E-state index in [0.29, 0.717) is 5.88 Å². The summed E-state index contributed by atoms with van der Waals surface area (Å²) in [5.74, 6) is 0.202. The van der Waals surface area contributed by atoms with Crippen LogP contribution in [0.1, 0.15) is 37.6 Å². The third-order valence-corrected chi connectivity index (χ3v) is 3.22. The van der Waals surface area contributed by atoms with E-state index in [1.807, 2.05) is 46.8 Å². The van der Waals surface area contributed by atoms with E-state index < -0.39 is 0 Å². The van der Waals surface area contributed by atoms with Crippen molar-refractivity contribution >= 4 is 17.5 Å². The molecule has 0 saturated heterocycles. The van der Waals surface area contributed by atoms with Crippen molar-refractivity contribution in [3.05, 3.63) is 41.1 Å². The Hall–Kier alpha value is -2.30. The summed E-state index contributed by atoms with van der Waals surface area (Å²) in [6.07, 6.45) is 0. The lowest BCUT2D eigenvalue weighted by molar-refractivity contribution is -0.114. The fourth-order valence-electron chi connectivity index (χ4n) is 2.13. The van der Waals surface area contributed by atoms with Crippen LogP contribution in [0.15, 0.2) is 28.8 Å². The quantitative estimate of drug-likeness (QED) is 0.904. The Labute approximate surface area is 131 Å². The average Bonchev–Trinajstić information content (AvgIpc) is 2.83. The molecular formula is C17H23N3O2. The van der Waals surface area contributed by atoms with Gasteiger partial charge < -0.3 is 9.84 Å². The number of hydrogen-bond acceptors (Lipinski definition) is 4. The van der Waals surface area contributed by atoms with E-state index in [-0.39, 0.29) is 17.9 Å². The summed E-state index contributed by atoms with van der Waals surface area (Å²) in [7, 11) is 0. The molecule has 118 valence electrons. The summed E-state index contributed by atoms with van der Waals surface area (Å²) in [4.78, 5) is 12.0. The summed E-state index contributed by atoms with van der Waals surface area (Å²) in [5.41, 5.74) is 3.95. The SMILES string of the molecule is Cc1cc(C)cc(NCC(=O)Nc2cc(C(C)(C)C)no2)c1. The van der Waals surface area contributed by atoms with Crippen LogP contribution in [-0.2, 0) is 10.2 Å². The molecule has 0 saturated carbocycles. The smallest absolute Gasteiger partial charge is 0.246 e. The normalized spacial score (nSPS) is 11.3. The number of aromatic nitrogens is 1. The molecule has 1 amide bonds. The van der Waals surface area contributed by atoms with Crippen molar-refractivity contribution in [3.63, 3.8) is 0 Å². The van der Waals surface area contributed by atoms with Gasteiger partial charge in [0.05, 0.1) is 12.2 Å². The van der Waals surface area contributed by atoms with Crippen LogP contribution in [-0.4, -0.2) is 17.6 Å².